The summed E-state index contributed by atoms with van der Waals surface area (Å²) in [4.78, 5) is 20.1. The molecule has 0 unspecified atom stereocenters. The summed E-state index contributed by atoms with van der Waals surface area (Å²) in [5, 5.41) is 9.72. The first-order valence-electron chi connectivity index (χ1n) is 7.01. The molecule has 0 aliphatic carbocycles. The third-order valence-electron chi connectivity index (χ3n) is 3.10. The van der Waals surface area contributed by atoms with E-state index < -0.39 is 5.56 Å². The van der Waals surface area contributed by atoms with E-state index in [9.17, 15) is 10.1 Å². The van der Waals surface area contributed by atoms with Crippen LogP contribution >= 0.6 is 23.5 Å². The molecule has 1 N–H and O–H groups in total. The number of thioether (sulfide) groups is 2. The van der Waals surface area contributed by atoms with Crippen LogP contribution in [0.5, 0.6) is 0 Å². The van der Waals surface area contributed by atoms with Crippen LogP contribution in [0.1, 0.15) is 25.3 Å². The molecule has 0 amide bonds. The second-order valence-corrected chi connectivity index (χ2v) is 6.60. The number of nitrogens with zero attached hydrogens (tertiary/aromatic N) is 2. The molecule has 1 aromatic carbocycles. The van der Waals surface area contributed by atoms with Gasteiger partial charge in [0, 0.05) is 10.5 Å². The van der Waals surface area contributed by atoms with Crippen LogP contribution in [0.15, 0.2) is 39.1 Å². The lowest BCUT2D eigenvalue weighted by Gasteiger charge is -2.06. The first-order chi connectivity index (χ1) is 10.7. The number of aromatic nitrogens is 2. The van der Waals surface area contributed by atoms with Crippen LogP contribution in [0, 0.1) is 11.3 Å². The van der Waals surface area contributed by atoms with Crippen LogP contribution in [0.2, 0.25) is 0 Å². The lowest BCUT2D eigenvalue weighted by molar-refractivity contribution is 0.896. The van der Waals surface area contributed by atoms with Gasteiger partial charge in [0.2, 0.25) is 0 Å². The van der Waals surface area contributed by atoms with Crippen molar-refractivity contribution in [2.45, 2.75) is 29.8 Å². The summed E-state index contributed by atoms with van der Waals surface area (Å²) in [6, 6.07) is 9.81. The second kappa shape index (κ2) is 8.06. The minimum absolute atomic E-state index is 0.0594. The maximum atomic E-state index is 11.9. The lowest BCUT2D eigenvalue weighted by Crippen LogP contribution is -2.14. The van der Waals surface area contributed by atoms with Crippen LogP contribution in [0.3, 0.4) is 0 Å². The van der Waals surface area contributed by atoms with Gasteiger partial charge in [-0.05, 0) is 30.6 Å². The molecule has 2 rings (SSSR count). The molecule has 114 valence electrons. The van der Waals surface area contributed by atoms with Gasteiger partial charge in [0.25, 0.3) is 5.56 Å². The molecule has 0 spiro atoms. The maximum absolute atomic E-state index is 11.9. The fraction of sp³-hybridized carbons (Fsp3) is 0.312. The van der Waals surface area contributed by atoms with Gasteiger partial charge in [-0.3, -0.25) is 4.79 Å². The summed E-state index contributed by atoms with van der Waals surface area (Å²) in [7, 11) is 0. The second-order valence-electron chi connectivity index (χ2n) is 4.64. The van der Waals surface area contributed by atoms with E-state index in [0.717, 1.165) is 11.3 Å². The fourth-order valence-corrected chi connectivity index (χ4v) is 3.28. The Hall–Kier alpha value is -1.71. The Balaban J connectivity index is 2.34. The Kier molecular flexibility index (Phi) is 6.10. The van der Waals surface area contributed by atoms with Gasteiger partial charge in [-0.15, -0.1) is 11.8 Å². The summed E-state index contributed by atoms with van der Waals surface area (Å²) >= 11 is 3.16. The quantitative estimate of drug-likeness (QED) is 0.493. The van der Waals surface area contributed by atoms with Crippen molar-refractivity contribution in [1.29, 1.82) is 5.26 Å². The zero-order chi connectivity index (χ0) is 15.9. The molecule has 6 heteroatoms. The first-order valence-corrected chi connectivity index (χ1v) is 9.22. The molecule has 2 aromatic rings. The first kappa shape index (κ1) is 16.7. The van der Waals surface area contributed by atoms with E-state index in [1.54, 1.807) is 0 Å². The molecule has 0 bridgehead atoms. The highest BCUT2D eigenvalue weighted by Gasteiger charge is 2.13. The minimum Gasteiger partial charge on any atom is -0.300 e. The highest BCUT2D eigenvalue weighted by atomic mass is 32.2. The molecule has 0 fully saturated rings. The Morgan fingerprint density at radius 2 is 2.05 bits per heavy atom. The number of aromatic amines is 1. The van der Waals surface area contributed by atoms with Gasteiger partial charge in [0.05, 0.1) is 5.69 Å². The predicted octanol–water partition coefficient (Wildman–Crippen LogP) is 3.92. The number of hydrogen-bond acceptors (Lipinski definition) is 5. The zero-order valence-electron chi connectivity index (χ0n) is 12.5. The van der Waals surface area contributed by atoms with Crippen LogP contribution in [-0.4, -0.2) is 22.0 Å². The van der Waals surface area contributed by atoms with E-state index in [4.69, 9.17) is 0 Å². The molecule has 4 nitrogen and oxygen atoms in total. The summed E-state index contributed by atoms with van der Waals surface area (Å²) in [6.45, 7) is 2.18. The standard InChI is InChI=1S/C16H17N3OS2/c1-3-4-9-22-12-7-5-11(6-8-12)14-13(10-17)15(20)19-16(18-14)21-2/h5-8H,3-4,9H2,1-2H3,(H,18,19,20). The van der Waals surface area contributed by atoms with E-state index in [-0.39, 0.29) is 5.56 Å². The van der Waals surface area contributed by atoms with Gasteiger partial charge < -0.3 is 4.98 Å². The number of benzene rings is 1. The van der Waals surface area contributed by atoms with Crippen LogP contribution in [-0.2, 0) is 0 Å². The van der Waals surface area contributed by atoms with Gasteiger partial charge in [0.15, 0.2) is 5.16 Å². The van der Waals surface area contributed by atoms with Gasteiger partial charge in [-0.2, -0.15) is 5.26 Å². The van der Waals surface area contributed by atoms with Crippen molar-refractivity contribution < 1.29 is 0 Å². The van der Waals surface area contributed by atoms with E-state index in [1.165, 1.54) is 29.5 Å². The summed E-state index contributed by atoms with van der Waals surface area (Å²) in [5.41, 5.74) is 0.904. The van der Waals surface area contributed by atoms with Crippen molar-refractivity contribution in [2.24, 2.45) is 0 Å². The molecule has 22 heavy (non-hydrogen) atoms. The molecular weight excluding hydrogens is 314 g/mol. The Morgan fingerprint density at radius 1 is 1.32 bits per heavy atom. The molecular formula is C16H17N3OS2. The number of H-pyrrole nitrogens is 1. The fourth-order valence-electron chi connectivity index (χ4n) is 1.91. The Bertz CT molecular complexity index is 733. The molecule has 0 saturated heterocycles. The van der Waals surface area contributed by atoms with Gasteiger partial charge in [0.1, 0.15) is 11.6 Å². The van der Waals surface area contributed by atoms with E-state index in [2.05, 4.69) is 16.9 Å². The van der Waals surface area contributed by atoms with Crippen molar-refractivity contribution in [1.82, 2.24) is 9.97 Å². The SMILES string of the molecule is CCCCSc1ccc(-c2nc(SC)[nH]c(=O)c2C#N)cc1. The molecule has 0 radical (unpaired) electrons. The Labute approximate surface area is 138 Å². The van der Waals surface area contributed by atoms with Crippen molar-refractivity contribution >= 4 is 23.5 Å². The maximum Gasteiger partial charge on any atom is 0.270 e. The van der Waals surface area contributed by atoms with E-state index >= 15 is 0 Å². The zero-order valence-corrected chi connectivity index (χ0v) is 14.2. The van der Waals surface area contributed by atoms with Crippen LogP contribution < -0.4 is 5.56 Å². The summed E-state index contributed by atoms with van der Waals surface area (Å²) in [6.07, 6.45) is 4.21. The normalized spacial score (nSPS) is 10.4. The summed E-state index contributed by atoms with van der Waals surface area (Å²) in [5.74, 6) is 1.10. The van der Waals surface area contributed by atoms with Crippen molar-refractivity contribution in [3.63, 3.8) is 0 Å². The van der Waals surface area contributed by atoms with Crippen molar-refractivity contribution in [2.75, 3.05) is 12.0 Å². The minimum atomic E-state index is -0.391. The average Bonchev–Trinajstić information content (AvgIpc) is 2.55. The third-order valence-corrected chi connectivity index (χ3v) is 4.78. The highest BCUT2D eigenvalue weighted by molar-refractivity contribution is 7.99. The number of nitrogens with one attached hydrogen (secondary N) is 1. The van der Waals surface area contributed by atoms with Crippen molar-refractivity contribution in [3.05, 3.63) is 40.2 Å². The molecule has 0 aliphatic heterocycles. The van der Waals surface area contributed by atoms with E-state index in [1.807, 2.05) is 48.4 Å². The largest absolute Gasteiger partial charge is 0.300 e. The predicted molar refractivity (Wildman–Crippen MR) is 92.4 cm³/mol. The molecule has 0 aliphatic rings. The smallest absolute Gasteiger partial charge is 0.270 e. The monoisotopic (exact) mass is 331 g/mol. The van der Waals surface area contributed by atoms with Gasteiger partial charge in [-0.25, -0.2) is 4.98 Å². The van der Waals surface area contributed by atoms with Gasteiger partial charge in [-0.1, -0.05) is 37.2 Å². The van der Waals surface area contributed by atoms with Crippen LogP contribution in [0.25, 0.3) is 11.3 Å². The number of nitriles is 1. The van der Waals surface area contributed by atoms with Gasteiger partial charge >= 0.3 is 0 Å². The van der Waals surface area contributed by atoms with Crippen LogP contribution in [0.4, 0.5) is 0 Å². The third kappa shape index (κ3) is 3.93. The molecule has 1 heterocycles. The number of rotatable bonds is 6. The average molecular weight is 331 g/mol. The highest BCUT2D eigenvalue weighted by Crippen LogP contribution is 2.25. The number of unbranched alkanes of at least 4 members (excludes halogenated alkanes) is 1. The van der Waals surface area contributed by atoms with Crippen molar-refractivity contribution in [3.8, 4) is 17.3 Å². The molecule has 0 saturated carbocycles. The van der Waals surface area contributed by atoms with E-state index in [0.29, 0.717) is 10.9 Å². The molecule has 1 aromatic heterocycles. The topological polar surface area (TPSA) is 69.5 Å². The summed E-state index contributed by atoms with van der Waals surface area (Å²) < 4.78 is 0. The lowest BCUT2D eigenvalue weighted by atomic mass is 10.1. The number of hydrogen-bond donors (Lipinski definition) is 1. The molecule has 0 atom stereocenters. The Morgan fingerprint density at radius 3 is 2.64 bits per heavy atom.